The van der Waals surface area contributed by atoms with Gasteiger partial charge in [-0.25, -0.2) is 0 Å². The van der Waals surface area contributed by atoms with E-state index >= 15 is 0 Å². The van der Waals surface area contributed by atoms with Crippen molar-refractivity contribution in [1.29, 1.82) is 0 Å². The summed E-state index contributed by atoms with van der Waals surface area (Å²) in [6.45, 7) is 4.38. The van der Waals surface area contributed by atoms with Crippen molar-refractivity contribution in [2.24, 2.45) is 0 Å². The number of hydrogen-bond acceptors (Lipinski definition) is 3. The third-order valence-electron chi connectivity index (χ3n) is 3.52. The van der Waals surface area contributed by atoms with Gasteiger partial charge < -0.3 is 10.1 Å². The second-order valence-corrected chi connectivity index (χ2v) is 6.25. The highest BCUT2D eigenvalue weighted by Gasteiger charge is 2.24. The maximum Gasteiger partial charge on any atom is 0.119 e. The molecule has 1 aromatic heterocycles. The van der Waals surface area contributed by atoms with E-state index in [4.69, 9.17) is 4.74 Å². The number of nitrogens with one attached hydrogen (secondary N) is 1. The zero-order valence-corrected chi connectivity index (χ0v) is 11.7. The second-order valence-electron chi connectivity index (χ2n) is 4.79. The van der Waals surface area contributed by atoms with Crippen LogP contribution in [0.15, 0.2) is 24.3 Å². The highest BCUT2D eigenvalue weighted by atomic mass is 32.1. The van der Waals surface area contributed by atoms with Gasteiger partial charge in [-0.1, -0.05) is 0 Å². The van der Waals surface area contributed by atoms with Gasteiger partial charge in [0, 0.05) is 15.4 Å². The first-order chi connectivity index (χ1) is 8.67. The molecule has 3 rings (SSSR count). The summed E-state index contributed by atoms with van der Waals surface area (Å²) in [5.41, 5.74) is 4.03. The van der Waals surface area contributed by atoms with E-state index in [9.17, 15) is 0 Å². The SMILES string of the molecule is COc1ccc2c(c1)CC(c1cc(C)sc1C)N2. The molecule has 1 aliphatic heterocycles. The molecule has 1 atom stereocenters. The highest BCUT2D eigenvalue weighted by Crippen LogP contribution is 2.38. The van der Waals surface area contributed by atoms with Crippen LogP contribution in [0, 0.1) is 13.8 Å². The zero-order valence-electron chi connectivity index (χ0n) is 10.9. The van der Waals surface area contributed by atoms with Gasteiger partial charge in [0.25, 0.3) is 0 Å². The Kier molecular flexibility index (Phi) is 2.78. The Labute approximate surface area is 112 Å². The van der Waals surface area contributed by atoms with Crippen LogP contribution in [0.25, 0.3) is 0 Å². The minimum Gasteiger partial charge on any atom is -0.497 e. The Morgan fingerprint density at radius 3 is 2.78 bits per heavy atom. The molecule has 18 heavy (non-hydrogen) atoms. The third kappa shape index (κ3) is 1.89. The molecule has 1 unspecified atom stereocenters. The van der Waals surface area contributed by atoms with Crippen LogP contribution in [0.2, 0.25) is 0 Å². The van der Waals surface area contributed by atoms with Crippen LogP contribution in [-0.4, -0.2) is 7.11 Å². The lowest BCUT2D eigenvalue weighted by Gasteiger charge is -2.10. The first-order valence-corrected chi connectivity index (χ1v) is 6.99. The van der Waals surface area contributed by atoms with Crippen molar-refractivity contribution in [3.8, 4) is 5.75 Å². The summed E-state index contributed by atoms with van der Waals surface area (Å²) in [4.78, 5) is 2.81. The monoisotopic (exact) mass is 259 g/mol. The van der Waals surface area contributed by atoms with E-state index in [-0.39, 0.29) is 0 Å². The Morgan fingerprint density at radius 1 is 1.28 bits per heavy atom. The molecule has 0 bridgehead atoms. The predicted molar refractivity (Wildman–Crippen MR) is 76.9 cm³/mol. The molecular weight excluding hydrogens is 242 g/mol. The van der Waals surface area contributed by atoms with E-state index in [1.165, 1.54) is 26.6 Å². The summed E-state index contributed by atoms with van der Waals surface area (Å²) in [7, 11) is 1.72. The second kappa shape index (κ2) is 4.32. The lowest BCUT2D eigenvalue weighted by atomic mass is 10.0. The van der Waals surface area contributed by atoms with Crippen molar-refractivity contribution in [3.05, 3.63) is 45.1 Å². The van der Waals surface area contributed by atoms with Gasteiger partial charge in [-0.15, -0.1) is 11.3 Å². The molecule has 0 aliphatic carbocycles. The Bertz CT molecular complexity index is 588. The summed E-state index contributed by atoms with van der Waals surface area (Å²) in [6, 6.07) is 8.98. The van der Waals surface area contributed by atoms with Gasteiger partial charge in [-0.3, -0.25) is 0 Å². The van der Waals surface area contributed by atoms with E-state index in [0.717, 1.165) is 12.2 Å². The molecule has 94 valence electrons. The van der Waals surface area contributed by atoms with Gasteiger partial charge in [0.2, 0.25) is 0 Å². The molecule has 0 radical (unpaired) electrons. The van der Waals surface area contributed by atoms with Crippen LogP contribution in [0.1, 0.15) is 26.9 Å². The molecule has 0 saturated carbocycles. The average Bonchev–Trinajstić information content (AvgIpc) is 2.90. The Hall–Kier alpha value is -1.48. The normalized spacial score (nSPS) is 17.4. The first-order valence-electron chi connectivity index (χ1n) is 6.18. The number of hydrogen-bond donors (Lipinski definition) is 1. The van der Waals surface area contributed by atoms with Crippen molar-refractivity contribution in [3.63, 3.8) is 0 Å². The number of ether oxygens (including phenoxy) is 1. The van der Waals surface area contributed by atoms with Gasteiger partial charge in [0.1, 0.15) is 5.75 Å². The summed E-state index contributed by atoms with van der Waals surface area (Å²) in [5, 5.41) is 3.61. The lowest BCUT2D eigenvalue weighted by Crippen LogP contribution is -2.05. The molecule has 2 heterocycles. The number of fused-ring (bicyclic) bond motifs is 1. The van der Waals surface area contributed by atoms with Crippen molar-refractivity contribution >= 4 is 17.0 Å². The Morgan fingerprint density at radius 2 is 2.11 bits per heavy atom. The van der Waals surface area contributed by atoms with Crippen molar-refractivity contribution in [2.75, 3.05) is 12.4 Å². The molecular formula is C15H17NOS. The van der Waals surface area contributed by atoms with E-state index in [0.29, 0.717) is 6.04 Å². The number of thiophene rings is 1. The smallest absolute Gasteiger partial charge is 0.119 e. The molecule has 2 aromatic rings. The van der Waals surface area contributed by atoms with E-state index < -0.39 is 0 Å². The summed E-state index contributed by atoms with van der Waals surface area (Å²) >= 11 is 1.88. The highest BCUT2D eigenvalue weighted by molar-refractivity contribution is 7.12. The van der Waals surface area contributed by atoms with Crippen molar-refractivity contribution in [1.82, 2.24) is 0 Å². The molecule has 1 N–H and O–H groups in total. The first kappa shape index (κ1) is 11.6. The zero-order chi connectivity index (χ0) is 12.7. The maximum absolute atomic E-state index is 5.28. The topological polar surface area (TPSA) is 21.3 Å². The minimum absolute atomic E-state index is 0.414. The molecule has 0 fully saturated rings. The third-order valence-corrected chi connectivity index (χ3v) is 4.50. The molecule has 3 heteroatoms. The van der Waals surface area contributed by atoms with Gasteiger partial charge in [0.15, 0.2) is 0 Å². The number of anilines is 1. The van der Waals surface area contributed by atoms with E-state index in [1.807, 2.05) is 17.4 Å². The van der Waals surface area contributed by atoms with Gasteiger partial charge in [-0.2, -0.15) is 0 Å². The summed E-state index contributed by atoms with van der Waals surface area (Å²) in [5.74, 6) is 0.939. The molecule has 0 spiro atoms. The van der Waals surface area contributed by atoms with Gasteiger partial charge in [-0.05, 0) is 55.7 Å². The van der Waals surface area contributed by atoms with Crippen LogP contribution in [0.4, 0.5) is 5.69 Å². The van der Waals surface area contributed by atoms with Crippen LogP contribution < -0.4 is 10.1 Å². The lowest BCUT2D eigenvalue weighted by molar-refractivity contribution is 0.414. The standard InChI is InChI=1S/C15H17NOS/c1-9-6-13(10(2)18-9)15-8-11-7-12(17-3)4-5-14(11)16-15/h4-7,15-16H,8H2,1-3H3. The fraction of sp³-hybridized carbons (Fsp3) is 0.333. The number of methoxy groups -OCH3 is 1. The summed E-state index contributed by atoms with van der Waals surface area (Å²) in [6.07, 6.45) is 1.05. The summed E-state index contributed by atoms with van der Waals surface area (Å²) < 4.78 is 5.28. The molecule has 0 amide bonds. The van der Waals surface area contributed by atoms with Crippen LogP contribution in [-0.2, 0) is 6.42 Å². The minimum atomic E-state index is 0.414. The Balaban J connectivity index is 1.90. The maximum atomic E-state index is 5.28. The largest absolute Gasteiger partial charge is 0.497 e. The van der Waals surface area contributed by atoms with Gasteiger partial charge >= 0.3 is 0 Å². The number of benzene rings is 1. The van der Waals surface area contributed by atoms with Crippen LogP contribution in [0.5, 0.6) is 5.75 Å². The van der Waals surface area contributed by atoms with Crippen molar-refractivity contribution in [2.45, 2.75) is 26.3 Å². The van der Waals surface area contributed by atoms with Crippen LogP contribution >= 0.6 is 11.3 Å². The van der Waals surface area contributed by atoms with Crippen molar-refractivity contribution < 1.29 is 4.74 Å². The fourth-order valence-electron chi connectivity index (χ4n) is 2.65. The van der Waals surface area contributed by atoms with Crippen LogP contribution in [0.3, 0.4) is 0 Å². The molecule has 0 saturated heterocycles. The average molecular weight is 259 g/mol. The molecule has 1 aromatic carbocycles. The number of rotatable bonds is 2. The van der Waals surface area contributed by atoms with E-state index in [2.05, 4.69) is 37.4 Å². The molecule has 2 nitrogen and oxygen atoms in total. The number of aryl methyl sites for hydroxylation is 2. The van der Waals surface area contributed by atoms with E-state index in [1.54, 1.807) is 7.11 Å². The fourth-order valence-corrected chi connectivity index (χ4v) is 3.64. The predicted octanol–water partition coefficient (Wildman–Crippen LogP) is 4.08. The quantitative estimate of drug-likeness (QED) is 0.877. The van der Waals surface area contributed by atoms with Gasteiger partial charge in [0.05, 0.1) is 13.2 Å². The molecule has 1 aliphatic rings.